The average molecular weight is 1330 g/mol. The number of aryl methyl sites for hydroxylation is 4. The molecule has 3 saturated carbocycles. The minimum absolute atomic E-state index is 0.0227. The zero-order valence-corrected chi connectivity index (χ0v) is 50.6. The molecule has 0 amide bonds. The number of oxazole rings is 4. The molecule has 0 spiro atoms. The van der Waals surface area contributed by atoms with Gasteiger partial charge < -0.3 is 40.4 Å². The van der Waals surface area contributed by atoms with E-state index in [2.05, 4.69) is 32.5 Å². The first-order chi connectivity index (χ1) is 41.0. The third kappa shape index (κ3) is 19.1. The highest BCUT2D eigenvalue weighted by Crippen LogP contribution is 2.41. The van der Waals surface area contributed by atoms with Gasteiger partial charge in [0.25, 0.3) is 0 Å². The van der Waals surface area contributed by atoms with Crippen molar-refractivity contribution in [1.29, 1.82) is 0 Å². The number of allylic oxidation sites excluding steroid dienone is 5. The van der Waals surface area contributed by atoms with Crippen LogP contribution < -0.4 is 0 Å². The third-order valence-corrected chi connectivity index (χ3v) is 17.1. The molecule has 2 atom stereocenters. The van der Waals surface area contributed by atoms with Crippen LogP contribution in [0.5, 0.6) is 0 Å². The Bertz CT molecular complexity index is 3560. The summed E-state index contributed by atoms with van der Waals surface area (Å²) in [6, 6.07) is 0. The third-order valence-electron chi connectivity index (χ3n) is 14.2. The maximum Gasteiger partial charge on any atom is 0.534 e. The lowest BCUT2D eigenvalue weighted by molar-refractivity contribution is -0.120. The van der Waals surface area contributed by atoms with Gasteiger partial charge in [0.05, 0.1) is 28.9 Å². The van der Waals surface area contributed by atoms with Crippen molar-refractivity contribution in [1.82, 2.24) is 19.9 Å². The highest BCUT2D eigenvalue weighted by Gasteiger charge is 2.52. The van der Waals surface area contributed by atoms with Gasteiger partial charge in [-0.15, -0.1) is 0 Å². The Hall–Kier alpha value is -6.81. The topological polar surface area (TPSA) is 326 Å². The molecule has 3 fully saturated rings. The number of ketones is 3. The van der Waals surface area contributed by atoms with Gasteiger partial charge in [-0.2, -0.15) is 64.8 Å². The molecule has 4 aromatic heterocycles. The van der Waals surface area contributed by atoms with Crippen LogP contribution in [-0.4, -0.2) is 95.4 Å². The molecule has 0 saturated heterocycles. The van der Waals surface area contributed by atoms with Gasteiger partial charge in [0, 0.05) is 54.7 Å². The van der Waals surface area contributed by atoms with Crippen molar-refractivity contribution in [3.63, 3.8) is 0 Å². The number of Topliss-reactive ketones (excluding diaryl/α,β-unsaturated/α-hetero) is 3. The monoisotopic (exact) mass is 1320 g/mol. The number of nitrogens with zero attached hydrogens (tertiary/aromatic N) is 4. The number of hydrogen-bond donors (Lipinski definition) is 2. The number of hydrogen-bond acceptors (Lipinski definition) is 22. The molecule has 0 aromatic carbocycles. The lowest BCUT2D eigenvalue weighted by Gasteiger charge is -2.24. The molecular formula is C54H65F9N4O18S3. The highest BCUT2D eigenvalue weighted by molar-refractivity contribution is 7.88. The fraction of sp³-hybridized carbons (Fsp3) is 0.574. The van der Waals surface area contributed by atoms with Crippen LogP contribution >= 0.6 is 0 Å². The van der Waals surface area contributed by atoms with E-state index in [9.17, 15) is 89.4 Å². The SMILES string of the molecule is Cc1ncoc1/C(OS(=O)(=O)C(F)(F)F)=C1/CCCCC1O.Cc1ncoc1C(=O)C1=C(OS(=O)(=O)C(F)(F)F)CCCC1.Cc1ncoc1C(C)C1=C(OS(=O)(=O)C(F)(F)F)CCCC1.Cc1ncoc1C(O)=C1CCCCC1=O.O=C1CCCCC1. The van der Waals surface area contributed by atoms with E-state index in [0.29, 0.717) is 97.6 Å². The Labute approximate surface area is 500 Å². The van der Waals surface area contributed by atoms with E-state index >= 15 is 0 Å². The summed E-state index contributed by atoms with van der Waals surface area (Å²) in [5, 5.41) is 19.9. The Morgan fingerprint density at radius 2 is 0.989 bits per heavy atom. The molecule has 490 valence electrons. The van der Waals surface area contributed by atoms with Gasteiger partial charge in [-0.1, -0.05) is 19.8 Å². The molecule has 4 aromatic rings. The lowest BCUT2D eigenvalue weighted by Crippen LogP contribution is -2.27. The fourth-order valence-electron chi connectivity index (χ4n) is 9.48. The second-order valence-electron chi connectivity index (χ2n) is 20.5. The minimum atomic E-state index is -5.87. The van der Waals surface area contributed by atoms with Gasteiger partial charge in [-0.05, 0) is 123 Å². The molecular weight excluding hydrogens is 1260 g/mol. The van der Waals surface area contributed by atoms with Crippen molar-refractivity contribution in [2.45, 2.75) is 198 Å². The van der Waals surface area contributed by atoms with Crippen molar-refractivity contribution in [3.05, 3.63) is 105 Å². The van der Waals surface area contributed by atoms with Crippen LogP contribution in [-0.2, 0) is 52.5 Å². The van der Waals surface area contributed by atoms with Crippen LogP contribution in [0.4, 0.5) is 39.5 Å². The molecule has 0 aliphatic heterocycles. The van der Waals surface area contributed by atoms with E-state index in [0.717, 1.165) is 57.7 Å². The van der Waals surface area contributed by atoms with Gasteiger partial charge in [0.15, 0.2) is 60.2 Å². The number of carbonyl (C=O) groups excluding carboxylic acids is 3. The molecule has 0 bridgehead atoms. The number of aliphatic hydroxyl groups excluding tert-OH is 2. The molecule has 5 aliphatic carbocycles. The summed E-state index contributed by atoms with van der Waals surface area (Å²) in [5.41, 5.74) is -14.0. The predicted molar refractivity (Wildman–Crippen MR) is 289 cm³/mol. The summed E-state index contributed by atoms with van der Waals surface area (Å²) in [6.45, 7) is 8.11. The number of aliphatic hydroxyl groups is 2. The van der Waals surface area contributed by atoms with E-state index in [-0.39, 0.29) is 83.0 Å². The fourth-order valence-corrected chi connectivity index (χ4v) is 11.1. The summed E-state index contributed by atoms with van der Waals surface area (Å²) in [5.74, 6) is -1.43. The molecule has 88 heavy (non-hydrogen) atoms. The first-order valence-corrected chi connectivity index (χ1v) is 31.7. The van der Waals surface area contributed by atoms with Crippen LogP contribution in [0.2, 0.25) is 0 Å². The lowest BCUT2D eigenvalue weighted by atomic mass is 9.87. The Morgan fingerprint density at radius 3 is 1.47 bits per heavy atom. The minimum Gasteiger partial charge on any atom is -0.504 e. The van der Waals surface area contributed by atoms with Crippen LogP contribution in [0.15, 0.2) is 77.1 Å². The van der Waals surface area contributed by atoms with Gasteiger partial charge in [0.1, 0.15) is 23.1 Å². The molecule has 4 heterocycles. The first-order valence-electron chi connectivity index (χ1n) is 27.5. The second kappa shape index (κ2) is 30.6. The maximum atomic E-state index is 12.6. The Morgan fingerprint density at radius 1 is 0.545 bits per heavy atom. The smallest absolute Gasteiger partial charge is 0.504 e. The summed E-state index contributed by atoms with van der Waals surface area (Å²) in [7, 11) is -17.3. The molecule has 34 heteroatoms. The maximum absolute atomic E-state index is 12.6. The molecule has 9 rings (SSSR count). The molecule has 0 radical (unpaired) electrons. The molecule has 2 N–H and O–H groups in total. The van der Waals surface area contributed by atoms with Crippen molar-refractivity contribution < 1.29 is 120 Å². The van der Waals surface area contributed by atoms with Gasteiger partial charge in [0.2, 0.25) is 5.78 Å². The summed E-state index contributed by atoms with van der Waals surface area (Å²) < 4.78 is 213. The normalized spacial score (nSPS) is 19.7. The van der Waals surface area contributed by atoms with Crippen molar-refractivity contribution in [3.8, 4) is 0 Å². The van der Waals surface area contributed by atoms with Gasteiger partial charge >= 0.3 is 46.9 Å². The van der Waals surface area contributed by atoms with E-state index in [1.54, 1.807) is 20.8 Å². The number of halogens is 9. The van der Waals surface area contributed by atoms with Crippen LogP contribution in [0, 0.1) is 27.7 Å². The summed E-state index contributed by atoms with van der Waals surface area (Å²) in [4.78, 5) is 49.6. The van der Waals surface area contributed by atoms with E-state index in [1.807, 2.05) is 0 Å². The predicted octanol–water partition coefficient (Wildman–Crippen LogP) is 13.1. The number of aromatic nitrogens is 4. The highest BCUT2D eigenvalue weighted by atomic mass is 32.2. The van der Waals surface area contributed by atoms with Gasteiger partial charge in [-0.3, -0.25) is 14.4 Å². The Kier molecular flexibility index (Phi) is 25.0. The van der Waals surface area contributed by atoms with E-state index < -0.39 is 70.3 Å². The van der Waals surface area contributed by atoms with Crippen molar-refractivity contribution in [2.75, 3.05) is 0 Å². The second-order valence-corrected chi connectivity index (χ2v) is 25.2. The van der Waals surface area contributed by atoms with Crippen LogP contribution in [0.3, 0.4) is 0 Å². The average Bonchev–Trinajstić information content (AvgIpc) is 2.44. The number of alkyl halides is 9. The largest absolute Gasteiger partial charge is 0.534 e. The quantitative estimate of drug-likeness (QED) is 0.0332. The van der Waals surface area contributed by atoms with Crippen molar-refractivity contribution in [2.24, 2.45) is 0 Å². The Balaban J connectivity index is 0.000000207. The van der Waals surface area contributed by atoms with Crippen LogP contribution in [0.25, 0.3) is 11.5 Å². The van der Waals surface area contributed by atoms with E-state index in [4.69, 9.17) is 17.7 Å². The summed E-state index contributed by atoms with van der Waals surface area (Å²) in [6.07, 6.45) is 16.4. The zero-order chi connectivity index (χ0) is 65.6. The van der Waals surface area contributed by atoms with Crippen molar-refractivity contribution >= 4 is 59.2 Å². The zero-order valence-electron chi connectivity index (χ0n) is 48.2. The first kappa shape index (κ1) is 71.9. The summed E-state index contributed by atoms with van der Waals surface area (Å²) >= 11 is 0. The van der Waals surface area contributed by atoms with Gasteiger partial charge in [-0.25, -0.2) is 19.9 Å². The standard InChI is InChI=1S/C13H16F3NO4S.C12H12F3NO5S.C12H14F3NO5S.C11H13NO3.C6H10O/c1-8(12-9(2)17-7-20-12)10-5-3-4-6-11(10)21-22(18,19)13(14,15)16;1-7-11(20-6-16-7)10(17)8-4-2-3-5-9(8)21-22(18,19)12(13,14)15;1-7-10(20-6-16-7)11(8-4-2-3-5-9(8)17)21-22(18,19)12(13,14)15;1-7-11(15-6-12-7)10(14)8-4-2-3-5-9(8)13;7-6-4-2-1-3-5-6/h7-8H,3-6H2,1-2H3;6H,2-5H2,1H3;6,9,17H,2-5H2,1H3;6,14H,2-5H2,1H3;1-5H2/b;;11-8+;;. The number of rotatable bonds is 12. The number of carbonyl (C=O) groups is 3. The van der Waals surface area contributed by atoms with Crippen LogP contribution in [0.1, 0.15) is 198 Å². The van der Waals surface area contributed by atoms with E-state index in [1.165, 1.54) is 33.1 Å². The molecule has 2 unspecified atom stereocenters. The molecule has 22 nitrogen and oxygen atoms in total. The molecule has 5 aliphatic rings.